The van der Waals surface area contributed by atoms with E-state index >= 15 is 0 Å². The molecule has 0 aliphatic heterocycles. The number of rotatable bonds is 3. The molecular formula is C11H13NO2. The average Bonchev–Trinajstić information content (AvgIpc) is 2.26. The number of carbonyl (C=O) groups excluding carboxylic acids is 1. The Morgan fingerprint density at radius 2 is 2.07 bits per heavy atom. The van der Waals surface area contributed by atoms with Crippen molar-refractivity contribution in [1.29, 1.82) is 0 Å². The van der Waals surface area contributed by atoms with Gasteiger partial charge in [0, 0.05) is 13.1 Å². The van der Waals surface area contributed by atoms with Gasteiger partial charge in [-0.3, -0.25) is 4.79 Å². The van der Waals surface area contributed by atoms with Crippen molar-refractivity contribution in [1.82, 2.24) is 4.90 Å². The Hall–Kier alpha value is -1.61. The van der Waals surface area contributed by atoms with Crippen molar-refractivity contribution in [3.8, 4) is 0 Å². The molecule has 0 atom stereocenters. The van der Waals surface area contributed by atoms with Crippen molar-refractivity contribution in [2.75, 3.05) is 13.8 Å². The number of benzene rings is 1. The van der Waals surface area contributed by atoms with E-state index in [2.05, 4.69) is 0 Å². The van der Waals surface area contributed by atoms with Crippen LogP contribution in [0.1, 0.15) is 5.56 Å². The molecule has 14 heavy (non-hydrogen) atoms. The van der Waals surface area contributed by atoms with Crippen LogP contribution in [-0.2, 0) is 4.79 Å². The maximum Gasteiger partial charge on any atom is 0.248 e. The van der Waals surface area contributed by atoms with Gasteiger partial charge in [-0.2, -0.15) is 0 Å². The van der Waals surface area contributed by atoms with Crippen molar-refractivity contribution in [2.45, 2.75) is 0 Å². The zero-order valence-corrected chi connectivity index (χ0v) is 8.05. The van der Waals surface area contributed by atoms with E-state index in [1.807, 2.05) is 30.3 Å². The quantitative estimate of drug-likeness (QED) is 0.574. The number of likely N-dealkylation sites (N-methyl/N-ethyl adjacent to an activating group) is 1. The SMILES string of the molecule is CN(CO)C(=O)/C=C/c1ccccc1. The van der Waals surface area contributed by atoms with Crippen LogP contribution < -0.4 is 0 Å². The van der Waals surface area contributed by atoms with E-state index in [0.717, 1.165) is 5.56 Å². The van der Waals surface area contributed by atoms with Crippen LogP contribution >= 0.6 is 0 Å². The zero-order valence-electron chi connectivity index (χ0n) is 8.05. The van der Waals surface area contributed by atoms with Crippen LogP contribution in [0.3, 0.4) is 0 Å². The molecule has 3 heteroatoms. The van der Waals surface area contributed by atoms with Crippen LogP contribution in [0.4, 0.5) is 0 Å². The molecule has 74 valence electrons. The zero-order chi connectivity index (χ0) is 10.4. The highest BCUT2D eigenvalue weighted by atomic mass is 16.3. The molecule has 0 fully saturated rings. The number of nitrogens with zero attached hydrogens (tertiary/aromatic N) is 1. The fraction of sp³-hybridized carbons (Fsp3) is 0.182. The van der Waals surface area contributed by atoms with Crippen LogP contribution in [0.15, 0.2) is 36.4 Å². The van der Waals surface area contributed by atoms with Crippen molar-refractivity contribution < 1.29 is 9.90 Å². The van der Waals surface area contributed by atoms with Gasteiger partial charge in [-0.05, 0) is 11.6 Å². The minimum absolute atomic E-state index is 0.212. The average molecular weight is 191 g/mol. The van der Waals surface area contributed by atoms with E-state index in [4.69, 9.17) is 5.11 Å². The first kappa shape index (κ1) is 10.5. The summed E-state index contributed by atoms with van der Waals surface area (Å²) < 4.78 is 0. The van der Waals surface area contributed by atoms with Gasteiger partial charge in [0.05, 0.1) is 0 Å². The predicted octanol–water partition coefficient (Wildman–Crippen LogP) is 1.11. The first-order chi connectivity index (χ1) is 6.74. The monoisotopic (exact) mass is 191 g/mol. The summed E-state index contributed by atoms with van der Waals surface area (Å²) in [7, 11) is 1.54. The molecule has 0 aromatic heterocycles. The Morgan fingerprint density at radius 1 is 1.43 bits per heavy atom. The third kappa shape index (κ3) is 3.03. The van der Waals surface area contributed by atoms with Crippen LogP contribution in [0, 0.1) is 0 Å². The summed E-state index contributed by atoms with van der Waals surface area (Å²) in [4.78, 5) is 12.4. The van der Waals surface area contributed by atoms with Gasteiger partial charge >= 0.3 is 0 Å². The van der Waals surface area contributed by atoms with Crippen molar-refractivity contribution >= 4 is 12.0 Å². The van der Waals surface area contributed by atoms with Gasteiger partial charge in [0.15, 0.2) is 0 Å². The second-order valence-electron chi connectivity index (χ2n) is 2.92. The molecule has 0 saturated carbocycles. The molecule has 0 heterocycles. The van der Waals surface area contributed by atoms with Crippen molar-refractivity contribution in [3.05, 3.63) is 42.0 Å². The van der Waals surface area contributed by atoms with Gasteiger partial charge in [-0.15, -0.1) is 0 Å². The number of hydrogen-bond donors (Lipinski definition) is 1. The maximum atomic E-state index is 11.2. The lowest BCUT2D eigenvalue weighted by molar-refractivity contribution is -0.127. The molecule has 0 unspecified atom stereocenters. The molecule has 0 aliphatic rings. The second kappa shape index (κ2) is 5.19. The standard InChI is InChI=1S/C11H13NO2/c1-12(9-13)11(14)8-7-10-5-3-2-4-6-10/h2-8,13H,9H2,1H3/b8-7+. The first-order valence-electron chi connectivity index (χ1n) is 4.33. The fourth-order valence-electron chi connectivity index (χ4n) is 0.929. The highest BCUT2D eigenvalue weighted by molar-refractivity contribution is 5.91. The normalized spacial score (nSPS) is 10.4. The number of aliphatic hydroxyl groups is 1. The molecule has 0 spiro atoms. The summed E-state index contributed by atoms with van der Waals surface area (Å²) in [6.07, 6.45) is 3.15. The van der Waals surface area contributed by atoms with E-state index in [-0.39, 0.29) is 12.6 Å². The Morgan fingerprint density at radius 3 is 2.64 bits per heavy atom. The molecular weight excluding hydrogens is 178 g/mol. The second-order valence-corrected chi connectivity index (χ2v) is 2.92. The molecule has 1 rings (SSSR count). The molecule has 0 radical (unpaired) electrons. The summed E-state index contributed by atoms with van der Waals surface area (Å²) >= 11 is 0. The summed E-state index contributed by atoms with van der Waals surface area (Å²) in [5.74, 6) is -0.212. The Kier molecular flexibility index (Phi) is 3.88. The molecule has 1 aromatic carbocycles. The molecule has 1 amide bonds. The van der Waals surface area contributed by atoms with Gasteiger partial charge in [0.1, 0.15) is 6.73 Å². The highest BCUT2D eigenvalue weighted by Crippen LogP contribution is 2.01. The molecule has 0 bridgehead atoms. The van der Waals surface area contributed by atoms with Crippen LogP contribution in [0.5, 0.6) is 0 Å². The van der Waals surface area contributed by atoms with Gasteiger partial charge in [-0.25, -0.2) is 0 Å². The van der Waals surface area contributed by atoms with E-state index < -0.39 is 0 Å². The third-order valence-electron chi connectivity index (χ3n) is 1.81. The van der Waals surface area contributed by atoms with Gasteiger partial charge in [0.2, 0.25) is 5.91 Å². The largest absolute Gasteiger partial charge is 0.376 e. The topological polar surface area (TPSA) is 40.5 Å². The smallest absolute Gasteiger partial charge is 0.248 e. The summed E-state index contributed by atoms with van der Waals surface area (Å²) in [5.41, 5.74) is 0.965. The van der Waals surface area contributed by atoms with Crippen LogP contribution in [0.25, 0.3) is 6.08 Å². The van der Waals surface area contributed by atoms with Gasteiger partial charge in [0.25, 0.3) is 0 Å². The van der Waals surface area contributed by atoms with E-state index in [1.54, 1.807) is 6.08 Å². The summed E-state index contributed by atoms with van der Waals surface area (Å²) in [5, 5.41) is 8.67. The molecule has 1 aromatic rings. The lowest BCUT2D eigenvalue weighted by atomic mass is 10.2. The summed E-state index contributed by atoms with van der Waals surface area (Å²) in [6, 6.07) is 9.53. The first-order valence-corrected chi connectivity index (χ1v) is 4.33. The minimum Gasteiger partial charge on any atom is -0.376 e. The predicted molar refractivity (Wildman–Crippen MR) is 55.3 cm³/mol. The molecule has 3 nitrogen and oxygen atoms in total. The fourth-order valence-corrected chi connectivity index (χ4v) is 0.929. The number of amides is 1. The third-order valence-corrected chi connectivity index (χ3v) is 1.81. The lowest BCUT2D eigenvalue weighted by Gasteiger charge is -2.09. The van der Waals surface area contributed by atoms with E-state index in [9.17, 15) is 4.79 Å². The van der Waals surface area contributed by atoms with Gasteiger partial charge < -0.3 is 10.0 Å². The number of aliphatic hydroxyl groups excluding tert-OH is 1. The molecule has 1 N–H and O–H groups in total. The highest BCUT2D eigenvalue weighted by Gasteiger charge is 2.00. The van der Waals surface area contributed by atoms with Crippen molar-refractivity contribution in [3.63, 3.8) is 0 Å². The van der Waals surface area contributed by atoms with E-state index in [0.29, 0.717) is 0 Å². The van der Waals surface area contributed by atoms with Gasteiger partial charge in [-0.1, -0.05) is 30.3 Å². The summed E-state index contributed by atoms with van der Waals surface area (Å²) in [6.45, 7) is -0.266. The molecule has 0 aliphatic carbocycles. The Bertz CT molecular complexity index is 319. The van der Waals surface area contributed by atoms with Crippen LogP contribution in [-0.4, -0.2) is 29.7 Å². The Labute approximate surface area is 83.3 Å². The van der Waals surface area contributed by atoms with Crippen LogP contribution in [0.2, 0.25) is 0 Å². The maximum absolute atomic E-state index is 11.2. The number of carbonyl (C=O) groups is 1. The van der Waals surface area contributed by atoms with E-state index in [1.165, 1.54) is 18.0 Å². The molecule has 0 saturated heterocycles. The van der Waals surface area contributed by atoms with Crippen molar-refractivity contribution in [2.24, 2.45) is 0 Å². The number of hydrogen-bond acceptors (Lipinski definition) is 2. The lowest BCUT2D eigenvalue weighted by Crippen LogP contribution is -2.25. The minimum atomic E-state index is -0.266. The Balaban J connectivity index is 2.61.